The molecule has 1 aliphatic rings. The highest BCUT2D eigenvalue weighted by Crippen LogP contribution is 2.13. The Kier molecular flexibility index (Phi) is 8.18. The van der Waals surface area contributed by atoms with Crippen LogP contribution in [-0.2, 0) is 4.79 Å². The number of piperazine rings is 1. The molecule has 0 radical (unpaired) electrons. The number of rotatable bonds is 9. The topological polar surface area (TPSA) is 65.0 Å². The van der Waals surface area contributed by atoms with Gasteiger partial charge in [-0.15, -0.1) is 0 Å². The van der Waals surface area contributed by atoms with E-state index < -0.39 is 0 Å². The van der Waals surface area contributed by atoms with Crippen molar-refractivity contribution in [1.29, 1.82) is 0 Å². The summed E-state index contributed by atoms with van der Waals surface area (Å²) in [5.74, 6) is 0.854. The van der Waals surface area contributed by atoms with Gasteiger partial charge >= 0.3 is 0 Å². The molecule has 1 aliphatic heterocycles. The number of amides is 1. The maximum absolute atomic E-state index is 12.1. The van der Waals surface area contributed by atoms with Crippen molar-refractivity contribution in [1.82, 2.24) is 15.1 Å². The highest BCUT2D eigenvalue weighted by atomic mass is 16.5. The van der Waals surface area contributed by atoms with Crippen LogP contribution in [0.15, 0.2) is 30.3 Å². The number of hydrogen-bond acceptors (Lipinski definition) is 5. The minimum Gasteiger partial charge on any atom is -0.492 e. The molecule has 25 heavy (non-hydrogen) atoms. The molecule has 6 heteroatoms. The first-order valence-corrected chi connectivity index (χ1v) is 9.17. The average Bonchev–Trinajstić information content (AvgIpc) is 2.60. The van der Waals surface area contributed by atoms with E-state index in [1.807, 2.05) is 37.3 Å². The lowest BCUT2D eigenvalue weighted by atomic mass is 10.1. The molecule has 0 aliphatic carbocycles. The molecule has 0 saturated carbocycles. The third kappa shape index (κ3) is 7.02. The van der Waals surface area contributed by atoms with E-state index in [2.05, 4.69) is 22.0 Å². The maximum atomic E-state index is 12.1. The van der Waals surface area contributed by atoms with E-state index in [9.17, 15) is 9.90 Å². The van der Waals surface area contributed by atoms with Crippen molar-refractivity contribution in [2.24, 2.45) is 0 Å². The van der Waals surface area contributed by atoms with E-state index >= 15 is 0 Å². The summed E-state index contributed by atoms with van der Waals surface area (Å²) in [6, 6.07) is 10.0. The molecule has 1 heterocycles. The van der Waals surface area contributed by atoms with Crippen molar-refractivity contribution >= 4 is 5.91 Å². The number of aliphatic hydroxyl groups excluding tert-OH is 1. The molecule has 2 N–H and O–H groups in total. The summed E-state index contributed by atoms with van der Waals surface area (Å²) >= 11 is 0. The van der Waals surface area contributed by atoms with Gasteiger partial charge in [0.05, 0.1) is 19.2 Å². The van der Waals surface area contributed by atoms with Gasteiger partial charge in [-0.3, -0.25) is 14.6 Å². The molecule has 0 unspecified atom stereocenters. The molecular formula is C19H31N3O3. The van der Waals surface area contributed by atoms with Crippen LogP contribution in [0, 0.1) is 0 Å². The van der Waals surface area contributed by atoms with Gasteiger partial charge in [0, 0.05) is 32.2 Å². The van der Waals surface area contributed by atoms with Gasteiger partial charge in [0.15, 0.2) is 0 Å². The second kappa shape index (κ2) is 10.4. The fourth-order valence-electron chi connectivity index (χ4n) is 3.20. The number of carbonyl (C=O) groups excluding carboxylic acids is 1. The summed E-state index contributed by atoms with van der Waals surface area (Å²) in [5.41, 5.74) is 0. The third-order valence-electron chi connectivity index (χ3n) is 4.46. The number of nitrogens with zero attached hydrogens (tertiary/aromatic N) is 2. The Morgan fingerprint density at radius 3 is 2.80 bits per heavy atom. The third-order valence-corrected chi connectivity index (χ3v) is 4.46. The highest BCUT2D eigenvalue weighted by molar-refractivity contribution is 5.78. The Hall–Kier alpha value is -1.63. The lowest BCUT2D eigenvalue weighted by molar-refractivity contribution is -0.123. The van der Waals surface area contributed by atoms with Gasteiger partial charge in [-0.25, -0.2) is 0 Å². The zero-order valence-electron chi connectivity index (χ0n) is 15.4. The minimum atomic E-state index is -0.312. The van der Waals surface area contributed by atoms with Gasteiger partial charge in [-0.2, -0.15) is 0 Å². The van der Waals surface area contributed by atoms with Crippen LogP contribution in [0.25, 0.3) is 0 Å². The standard InChI is InChI=1S/C19H31N3O3/c1-3-17-14-21(10-11-22(17)13-16(2)23)15-19(24)20-9-12-25-18-7-5-4-6-8-18/h4-8,16-17,23H,3,9-15H2,1-2H3,(H,20,24)/t16-,17+/m0/s1. The largest absolute Gasteiger partial charge is 0.492 e. The van der Waals surface area contributed by atoms with E-state index in [0.29, 0.717) is 32.3 Å². The van der Waals surface area contributed by atoms with Gasteiger partial charge in [-0.1, -0.05) is 25.1 Å². The first kappa shape index (κ1) is 19.7. The number of benzene rings is 1. The number of para-hydroxylation sites is 1. The Balaban J connectivity index is 1.65. The van der Waals surface area contributed by atoms with Gasteiger partial charge in [-0.05, 0) is 25.5 Å². The zero-order chi connectivity index (χ0) is 18.1. The van der Waals surface area contributed by atoms with Crippen LogP contribution in [0.5, 0.6) is 5.75 Å². The zero-order valence-corrected chi connectivity index (χ0v) is 15.4. The smallest absolute Gasteiger partial charge is 0.234 e. The van der Waals surface area contributed by atoms with Crippen LogP contribution in [-0.4, -0.2) is 78.8 Å². The van der Waals surface area contributed by atoms with Crippen molar-refractivity contribution < 1.29 is 14.6 Å². The predicted molar refractivity (Wildman–Crippen MR) is 98.7 cm³/mol. The number of hydrogen-bond donors (Lipinski definition) is 2. The maximum Gasteiger partial charge on any atom is 0.234 e. The fourth-order valence-corrected chi connectivity index (χ4v) is 3.20. The molecule has 0 bridgehead atoms. The molecule has 2 rings (SSSR count). The number of ether oxygens (including phenoxy) is 1. The van der Waals surface area contributed by atoms with Crippen LogP contribution in [0.4, 0.5) is 0 Å². The van der Waals surface area contributed by atoms with Crippen LogP contribution in [0.3, 0.4) is 0 Å². The minimum absolute atomic E-state index is 0.0375. The lowest BCUT2D eigenvalue weighted by Crippen LogP contribution is -2.56. The van der Waals surface area contributed by atoms with Crippen LogP contribution < -0.4 is 10.1 Å². The monoisotopic (exact) mass is 349 g/mol. The molecule has 6 nitrogen and oxygen atoms in total. The number of nitrogens with one attached hydrogen (secondary N) is 1. The SMILES string of the molecule is CC[C@@H]1CN(CC(=O)NCCOc2ccccc2)CCN1C[C@H](C)O. The molecular weight excluding hydrogens is 318 g/mol. The van der Waals surface area contributed by atoms with E-state index in [0.717, 1.165) is 31.8 Å². The number of aliphatic hydroxyl groups is 1. The van der Waals surface area contributed by atoms with E-state index in [1.165, 1.54) is 0 Å². The quantitative estimate of drug-likeness (QED) is 0.650. The number of β-amino-alcohol motifs (C(OH)–C–C–N with tert-alkyl or cyclic N) is 1. The summed E-state index contributed by atoms with van der Waals surface area (Å²) in [7, 11) is 0. The summed E-state index contributed by atoms with van der Waals surface area (Å²) in [4.78, 5) is 16.6. The Morgan fingerprint density at radius 2 is 2.12 bits per heavy atom. The van der Waals surface area contributed by atoms with Gasteiger partial charge in [0.1, 0.15) is 12.4 Å². The van der Waals surface area contributed by atoms with Crippen molar-refractivity contribution in [2.45, 2.75) is 32.4 Å². The molecule has 0 spiro atoms. The van der Waals surface area contributed by atoms with E-state index in [1.54, 1.807) is 0 Å². The van der Waals surface area contributed by atoms with Crippen molar-refractivity contribution in [3.05, 3.63) is 30.3 Å². The number of carbonyl (C=O) groups is 1. The molecule has 1 saturated heterocycles. The Bertz CT molecular complexity index is 510. The van der Waals surface area contributed by atoms with Gasteiger partial charge in [0.2, 0.25) is 5.91 Å². The predicted octanol–water partition coefficient (Wildman–Crippen LogP) is 0.959. The lowest BCUT2D eigenvalue weighted by Gasteiger charge is -2.41. The van der Waals surface area contributed by atoms with Crippen LogP contribution in [0.2, 0.25) is 0 Å². The first-order valence-electron chi connectivity index (χ1n) is 9.17. The molecule has 1 fully saturated rings. The van der Waals surface area contributed by atoms with Crippen molar-refractivity contribution in [3.63, 3.8) is 0 Å². The summed E-state index contributed by atoms with van der Waals surface area (Å²) < 4.78 is 5.57. The molecule has 1 aromatic rings. The van der Waals surface area contributed by atoms with Crippen molar-refractivity contribution in [2.75, 3.05) is 45.9 Å². The van der Waals surface area contributed by atoms with Gasteiger partial charge in [0.25, 0.3) is 0 Å². The van der Waals surface area contributed by atoms with Crippen LogP contribution in [0.1, 0.15) is 20.3 Å². The van der Waals surface area contributed by atoms with Gasteiger partial charge < -0.3 is 15.2 Å². The highest BCUT2D eigenvalue weighted by Gasteiger charge is 2.27. The molecule has 1 amide bonds. The second-order valence-electron chi connectivity index (χ2n) is 6.65. The Labute approximate surface area is 150 Å². The first-order chi connectivity index (χ1) is 12.1. The summed E-state index contributed by atoms with van der Waals surface area (Å²) in [6.07, 6.45) is 0.712. The molecule has 1 aromatic carbocycles. The summed E-state index contributed by atoms with van der Waals surface area (Å²) in [6.45, 7) is 8.71. The van der Waals surface area contributed by atoms with Crippen LogP contribution >= 0.6 is 0 Å². The van der Waals surface area contributed by atoms with Crippen molar-refractivity contribution in [3.8, 4) is 5.75 Å². The molecule has 2 atom stereocenters. The summed E-state index contributed by atoms with van der Waals surface area (Å²) in [5, 5.41) is 12.5. The molecule has 140 valence electrons. The Morgan fingerprint density at radius 1 is 1.36 bits per heavy atom. The fraction of sp³-hybridized carbons (Fsp3) is 0.632. The molecule has 0 aromatic heterocycles. The average molecular weight is 349 g/mol. The van der Waals surface area contributed by atoms with E-state index in [4.69, 9.17) is 4.74 Å². The van der Waals surface area contributed by atoms with E-state index in [-0.39, 0.29) is 12.0 Å². The normalized spacial score (nSPS) is 20.2. The second-order valence-corrected chi connectivity index (χ2v) is 6.65.